The molecule has 0 aliphatic carbocycles. The van der Waals surface area contributed by atoms with Gasteiger partial charge >= 0.3 is 0 Å². The van der Waals surface area contributed by atoms with Gasteiger partial charge in [-0.2, -0.15) is 0 Å². The van der Waals surface area contributed by atoms with E-state index in [1.165, 1.54) is 0 Å². The van der Waals surface area contributed by atoms with E-state index in [9.17, 15) is 5.11 Å². The van der Waals surface area contributed by atoms with Gasteiger partial charge in [-0.1, -0.05) is 24.6 Å². The quantitative estimate of drug-likeness (QED) is 0.830. The van der Waals surface area contributed by atoms with Crippen LogP contribution in [0.4, 0.5) is 0 Å². The predicted octanol–water partition coefficient (Wildman–Crippen LogP) is 3.39. The summed E-state index contributed by atoms with van der Waals surface area (Å²) >= 11 is 8.06. The third-order valence-electron chi connectivity index (χ3n) is 1.72. The molecule has 0 aromatic heterocycles. The van der Waals surface area contributed by atoms with Crippen LogP contribution >= 0.6 is 34.2 Å². The van der Waals surface area contributed by atoms with Crippen molar-refractivity contribution in [1.82, 2.24) is 0 Å². The molecule has 0 saturated heterocycles. The molecular formula is C9H10ClIO. The lowest BCUT2D eigenvalue weighted by Crippen LogP contribution is -1.94. The first kappa shape index (κ1) is 10.3. The second kappa shape index (κ2) is 4.44. The second-order valence-corrected chi connectivity index (χ2v) is 4.17. The minimum Gasteiger partial charge on any atom is -0.388 e. The SMILES string of the molecule is CCC(O)c1ccc(I)c(Cl)c1. The Labute approximate surface area is 90.9 Å². The maximum Gasteiger partial charge on any atom is 0.0788 e. The highest BCUT2D eigenvalue weighted by Crippen LogP contribution is 2.24. The van der Waals surface area contributed by atoms with Gasteiger partial charge in [-0.15, -0.1) is 0 Å². The van der Waals surface area contributed by atoms with Gasteiger partial charge in [0, 0.05) is 3.57 Å². The van der Waals surface area contributed by atoms with Crippen LogP contribution in [0.15, 0.2) is 18.2 Å². The zero-order valence-corrected chi connectivity index (χ0v) is 9.63. The first-order valence-electron chi connectivity index (χ1n) is 3.78. The molecule has 3 heteroatoms. The van der Waals surface area contributed by atoms with Crippen molar-refractivity contribution >= 4 is 34.2 Å². The van der Waals surface area contributed by atoms with Gasteiger partial charge in [0.25, 0.3) is 0 Å². The Morgan fingerprint density at radius 1 is 1.58 bits per heavy atom. The average molecular weight is 297 g/mol. The summed E-state index contributed by atoms with van der Waals surface area (Å²) < 4.78 is 1.02. The van der Waals surface area contributed by atoms with Crippen LogP contribution in [0.1, 0.15) is 25.0 Å². The number of halogens is 2. The molecule has 0 saturated carbocycles. The number of aliphatic hydroxyl groups excluding tert-OH is 1. The van der Waals surface area contributed by atoms with Gasteiger partial charge in [0.05, 0.1) is 11.1 Å². The van der Waals surface area contributed by atoms with Crippen molar-refractivity contribution in [2.75, 3.05) is 0 Å². The summed E-state index contributed by atoms with van der Waals surface area (Å²) in [5, 5.41) is 10.2. The van der Waals surface area contributed by atoms with Gasteiger partial charge < -0.3 is 5.11 Å². The molecule has 0 radical (unpaired) electrons. The fourth-order valence-corrected chi connectivity index (χ4v) is 1.48. The average Bonchev–Trinajstić information content (AvgIpc) is 2.08. The van der Waals surface area contributed by atoms with E-state index < -0.39 is 0 Å². The summed E-state index contributed by atoms with van der Waals surface area (Å²) in [6.45, 7) is 1.94. The highest BCUT2D eigenvalue weighted by molar-refractivity contribution is 14.1. The van der Waals surface area contributed by atoms with Gasteiger partial charge in [-0.05, 0) is 46.7 Å². The lowest BCUT2D eigenvalue weighted by Gasteiger charge is -2.08. The lowest BCUT2D eigenvalue weighted by atomic mass is 10.1. The summed E-state index contributed by atoms with van der Waals surface area (Å²) in [5.41, 5.74) is 0.892. The molecule has 0 aliphatic heterocycles. The molecule has 1 rings (SSSR count). The topological polar surface area (TPSA) is 20.2 Å². The van der Waals surface area contributed by atoms with E-state index in [1.807, 2.05) is 25.1 Å². The molecule has 1 aromatic carbocycles. The largest absolute Gasteiger partial charge is 0.388 e. The highest BCUT2D eigenvalue weighted by atomic mass is 127. The van der Waals surface area contributed by atoms with Crippen molar-refractivity contribution in [3.05, 3.63) is 32.4 Å². The lowest BCUT2D eigenvalue weighted by molar-refractivity contribution is 0.173. The molecule has 1 aromatic rings. The molecule has 1 unspecified atom stereocenters. The van der Waals surface area contributed by atoms with E-state index >= 15 is 0 Å². The minimum atomic E-state index is -0.389. The standard InChI is InChI=1S/C9H10ClIO/c1-2-9(12)6-3-4-8(11)7(10)5-6/h3-5,9,12H,2H2,1H3. The Kier molecular flexibility index (Phi) is 3.80. The van der Waals surface area contributed by atoms with Crippen molar-refractivity contribution in [3.63, 3.8) is 0 Å². The number of rotatable bonds is 2. The minimum absolute atomic E-state index is 0.389. The summed E-state index contributed by atoms with van der Waals surface area (Å²) in [4.78, 5) is 0. The second-order valence-electron chi connectivity index (χ2n) is 2.60. The Balaban J connectivity index is 2.96. The molecule has 1 nitrogen and oxygen atoms in total. The fourth-order valence-electron chi connectivity index (χ4n) is 0.955. The number of hydrogen-bond donors (Lipinski definition) is 1. The third-order valence-corrected chi connectivity index (χ3v) is 3.29. The summed E-state index contributed by atoms with van der Waals surface area (Å²) in [7, 11) is 0. The number of benzene rings is 1. The molecule has 0 amide bonds. The normalized spacial score (nSPS) is 13.0. The summed E-state index contributed by atoms with van der Waals surface area (Å²) in [6.07, 6.45) is 0.330. The van der Waals surface area contributed by atoms with Gasteiger partial charge in [0.15, 0.2) is 0 Å². The van der Waals surface area contributed by atoms with Crippen LogP contribution in [-0.4, -0.2) is 5.11 Å². The molecule has 66 valence electrons. The van der Waals surface area contributed by atoms with Crippen LogP contribution < -0.4 is 0 Å². The molecule has 12 heavy (non-hydrogen) atoms. The van der Waals surface area contributed by atoms with Crippen LogP contribution in [0.5, 0.6) is 0 Å². The smallest absolute Gasteiger partial charge is 0.0788 e. The first-order chi connectivity index (χ1) is 5.65. The van der Waals surface area contributed by atoms with Gasteiger partial charge in [0.2, 0.25) is 0 Å². The Bertz CT molecular complexity index is 275. The van der Waals surface area contributed by atoms with Gasteiger partial charge in [-0.3, -0.25) is 0 Å². The zero-order valence-electron chi connectivity index (χ0n) is 6.72. The molecule has 1 N–H and O–H groups in total. The van der Waals surface area contributed by atoms with Crippen molar-refractivity contribution in [3.8, 4) is 0 Å². The molecule has 0 fully saturated rings. The van der Waals surface area contributed by atoms with Crippen LogP contribution in [0.3, 0.4) is 0 Å². The highest BCUT2D eigenvalue weighted by Gasteiger charge is 2.05. The van der Waals surface area contributed by atoms with Crippen molar-refractivity contribution < 1.29 is 5.11 Å². The third kappa shape index (κ3) is 2.34. The fraction of sp³-hybridized carbons (Fsp3) is 0.333. The molecule has 0 spiro atoms. The molecule has 0 bridgehead atoms. The summed E-state index contributed by atoms with van der Waals surface area (Å²) in [5.74, 6) is 0. The van der Waals surface area contributed by atoms with Gasteiger partial charge in [0.1, 0.15) is 0 Å². The zero-order chi connectivity index (χ0) is 9.14. The van der Waals surface area contributed by atoms with Crippen LogP contribution in [0.25, 0.3) is 0 Å². The van der Waals surface area contributed by atoms with E-state index in [1.54, 1.807) is 0 Å². The van der Waals surface area contributed by atoms with E-state index in [4.69, 9.17) is 11.6 Å². The monoisotopic (exact) mass is 296 g/mol. The predicted molar refractivity (Wildman–Crippen MR) is 59.4 cm³/mol. The van der Waals surface area contributed by atoms with Crippen molar-refractivity contribution in [2.45, 2.75) is 19.4 Å². The van der Waals surface area contributed by atoms with Crippen LogP contribution in [0.2, 0.25) is 5.02 Å². The van der Waals surface area contributed by atoms with E-state index in [-0.39, 0.29) is 6.10 Å². The maximum atomic E-state index is 9.48. The van der Waals surface area contributed by atoms with Gasteiger partial charge in [-0.25, -0.2) is 0 Å². The first-order valence-corrected chi connectivity index (χ1v) is 5.23. The Morgan fingerprint density at radius 2 is 2.25 bits per heavy atom. The maximum absolute atomic E-state index is 9.48. The van der Waals surface area contributed by atoms with E-state index in [2.05, 4.69) is 22.6 Å². The number of aliphatic hydroxyl groups is 1. The van der Waals surface area contributed by atoms with Crippen molar-refractivity contribution in [2.24, 2.45) is 0 Å². The Morgan fingerprint density at radius 3 is 2.75 bits per heavy atom. The van der Waals surface area contributed by atoms with Crippen molar-refractivity contribution in [1.29, 1.82) is 0 Å². The number of hydrogen-bond acceptors (Lipinski definition) is 1. The summed E-state index contributed by atoms with van der Waals surface area (Å²) in [6, 6.07) is 5.64. The van der Waals surface area contributed by atoms with E-state index in [0.29, 0.717) is 5.02 Å². The van der Waals surface area contributed by atoms with Crippen LogP contribution in [-0.2, 0) is 0 Å². The van der Waals surface area contributed by atoms with E-state index in [0.717, 1.165) is 15.6 Å². The molecule has 1 atom stereocenters. The Hall–Kier alpha value is 0.200. The molecular weight excluding hydrogens is 286 g/mol. The molecule has 0 heterocycles. The molecule has 0 aliphatic rings. The van der Waals surface area contributed by atoms with Crippen LogP contribution in [0, 0.1) is 3.57 Å².